The molecule has 0 aliphatic carbocycles. The lowest BCUT2D eigenvalue weighted by Gasteiger charge is -2.09. The first-order valence-corrected chi connectivity index (χ1v) is 7.49. The minimum Gasteiger partial charge on any atom is -1.00 e. The summed E-state index contributed by atoms with van der Waals surface area (Å²) >= 11 is 0. The lowest BCUT2D eigenvalue weighted by molar-refractivity contribution is -0.695. The van der Waals surface area contributed by atoms with Crippen molar-refractivity contribution in [3.63, 3.8) is 0 Å². The van der Waals surface area contributed by atoms with Crippen LogP contribution in [0.3, 0.4) is 0 Å². The van der Waals surface area contributed by atoms with Crippen LogP contribution in [0.2, 0.25) is 0 Å². The summed E-state index contributed by atoms with van der Waals surface area (Å²) in [6, 6.07) is 12.7. The number of ether oxygens (including phenoxy) is 2. The molecule has 5 heteroatoms. The van der Waals surface area contributed by atoms with Crippen LogP contribution in [-0.2, 0) is 13.0 Å². The fraction of sp³-hybridized carbons (Fsp3) is 0.211. The number of hydrogen-bond acceptors (Lipinski definition) is 2. The van der Waals surface area contributed by atoms with Gasteiger partial charge < -0.3 is 21.9 Å². The summed E-state index contributed by atoms with van der Waals surface area (Å²) in [6.07, 6.45) is 4.82. The van der Waals surface area contributed by atoms with Gasteiger partial charge in [0.15, 0.2) is 30.4 Å². The van der Waals surface area contributed by atoms with Crippen molar-refractivity contribution >= 4 is 10.8 Å². The van der Waals surface area contributed by atoms with E-state index < -0.39 is 0 Å². The molecule has 0 aliphatic heterocycles. The van der Waals surface area contributed by atoms with E-state index in [9.17, 15) is 4.39 Å². The first-order valence-electron chi connectivity index (χ1n) is 7.49. The van der Waals surface area contributed by atoms with Crippen molar-refractivity contribution in [1.82, 2.24) is 0 Å². The number of rotatable bonds is 5. The van der Waals surface area contributed by atoms with Gasteiger partial charge in [0.05, 0.1) is 19.6 Å². The first-order chi connectivity index (χ1) is 11.2. The van der Waals surface area contributed by atoms with Crippen LogP contribution in [0.25, 0.3) is 10.8 Å². The number of aromatic nitrogens is 1. The molecule has 2 aromatic carbocycles. The minimum absolute atomic E-state index is 0. The third kappa shape index (κ3) is 3.77. The second-order valence-electron chi connectivity index (χ2n) is 5.37. The standard InChI is InChI=1S/C19H19FNO2.ClH/c1-22-18-7-6-15-9-11-21(13-17(15)19(18)23-2)10-8-14-4-3-5-16(20)12-14;/h3-7,9,11-13H,8,10H2,1-2H3;1H/q+1;/p-1. The highest BCUT2D eigenvalue weighted by Crippen LogP contribution is 2.34. The predicted octanol–water partition coefficient (Wildman–Crippen LogP) is 0.530. The van der Waals surface area contributed by atoms with Crippen molar-refractivity contribution in [2.75, 3.05) is 14.2 Å². The van der Waals surface area contributed by atoms with E-state index in [-0.39, 0.29) is 18.2 Å². The largest absolute Gasteiger partial charge is 1.00 e. The number of aryl methyl sites for hydroxylation is 2. The third-order valence-corrected chi connectivity index (χ3v) is 3.91. The number of benzene rings is 2. The molecule has 0 fully saturated rings. The fourth-order valence-electron chi connectivity index (χ4n) is 2.72. The van der Waals surface area contributed by atoms with E-state index in [2.05, 4.69) is 4.57 Å². The predicted molar refractivity (Wildman–Crippen MR) is 87.4 cm³/mol. The number of pyridine rings is 1. The van der Waals surface area contributed by atoms with Gasteiger partial charge in [-0.15, -0.1) is 0 Å². The van der Waals surface area contributed by atoms with Gasteiger partial charge in [0.1, 0.15) is 5.82 Å². The molecule has 0 spiro atoms. The molecular formula is C19H19ClFNO2. The Labute approximate surface area is 147 Å². The van der Waals surface area contributed by atoms with Crippen LogP contribution in [0, 0.1) is 5.82 Å². The smallest absolute Gasteiger partial charge is 0.180 e. The zero-order valence-electron chi connectivity index (χ0n) is 13.6. The Morgan fingerprint density at radius 2 is 1.88 bits per heavy atom. The number of halogens is 2. The molecule has 0 unspecified atom stereocenters. The Hall–Kier alpha value is -2.33. The van der Waals surface area contributed by atoms with Gasteiger partial charge >= 0.3 is 0 Å². The van der Waals surface area contributed by atoms with Gasteiger partial charge in [-0.3, -0.25) is 0 Å². The Balaban J connectivity index is 0.00000208. The first kappa shape index (κ1) is 18.0. The highest BCUT2D eigenvalue weighted by molar-refractivity contribution is 5.89. The summed E-state index contributed by atoms with van der Waals surface area (Å²) in [5, 5.41) is 2.08. The molecule has 3 aromatic rings. The second-order valence-corrected chi connectivity index (χ2v) is 5.37. The van der Waals surface area contributed by atoms with Gasteiger partial charge in [-0.2, -0.15) is 0 Å². The van der Waals surface area contributed by atoms with E-state index in [1.807, 2.05) is 36.7 Å². The highest BCUT2D eigenvalue weighted by atomic mass is 35.5. The molecule has 0 aliphatic rings. The summed E-state index contributed by atoms with van der Waals surface area (Å²) in [6.45, 7) is 0.764. The van der Waals surface area contributed by atoms with Gasteiger partial charge in [0.25, 0.3) is 0 Å². The van der Waals surface area contributed by atoms with Crippen molar-refractivity contribution in [3.05, 3.63) is 66.2 Å². The Bertz CT molecular complexity index is 839. The molecule has 0 bridgehead atoms. The quantitative estimate of drug-likeness (QED) is 0.628. The summed E-state index contributed by atoms with van der Waals surface area (Å²) in [4.78, 5) is 0. The zero-order valence-corrected chi connectivity index (χ0v) is 14.4. The summed E-state index contributed by atoms with van der Waals surface area (Å²) in [5.74, 6) is 1.24. The molecule has 0 saturated carbocycles. The van der Waals surface area contributed by atoms with E-state index in [4.69, 9.17) is 9.47 Å². The number of fused-ring (bicyclic) bond motifs is 1. The lowest BCUT2D eigenvalue weighted by atomic mass is 10.1. The monoisotopic (exact) mass is 347 g/mol. The van der Waals surface area contributed by atoms with E-state index in [1.54, 1.807) is 26.4 Å². The molecule has 3 nitrogen and oxygen atoms in total. The molecule has 0 atom stereocenters. The van der Waals surface area contributed by atoms with Crippen molar-refractivity contribution in [1.29, 1.82) is 0 Å². The molecule has 1 aromatic heterocycles. The van der Waals surface area contributed by atoms with Crippen LogP contribution in [-0.4, -0.2) is 14.2 Å². The zero-order chi connectivity index (χ0) is 16.2. The molecule has 0 N–H and O–H groups in total. The van der Waals surface area contributed by atoms with Crippen molar-refractivity contribution in [2.24, 2.45) is 0 Å². The van der Waals surface area contributed by atoms with Gasteiger partial charge in [0, 0.05) is 12.5 Å². The maximum Gasteiger partial charge on any atom is 0.180 e. The molecule has 24 heavy (non-hydrogen) atoms. The van der Waals surface area contributed by atoms with Crippen molar-refractivity contribution in [3.8, 4) is 11.5 Å². The molecule has 0 saturated heterocycles. The number of hydrogen-bond donors (Lipinski definition) is 0. The van der Waals surface area contributed by atoms with Crippen LogP contribution >= 0.6 is 0 Å². The van der Waals surface area contributed by atoms with Gasteiger partial charge in [0.2, 0.25) is 0 Å². The van der Waals surface area contributed by atoms with Crippen molar-refractivity contribution in [2.45, 2.75) is 13.0 Å². The molecule has 3 rings (SSSR count). The number of nitrogens with zero attached hydrogens (tertiary/aromatic N) is 1. The number of methoxy groups -OCH3 is 2. The fourth-order valence-corrected chi connectivity index (χ4v) is 2.72. The Morgan fingerprint density at radius 1 is 1.04 bits per heavy atom. The maximum absolute atomic E-state index is 13.2. The molecule has 0 amide bonds. The van der Waals surface area contributed by atoms with Gasteiger partial charge in [-0.25, -0.2) is 8.96 Å². The van der Waals surface area contributed by atoms with Crippen LogP contribution in [0.1, 0.15) is 5.56 Å². The highest BCUT2D eigenvalue weighted by Gasteiger charge is 2.13. The van der Waals surface area contributed by atoms with Crippen LogP contribution in [0.4, 0.5) is 4.39 Å². The third-order valence-electron chi connectivity index (χ3n) is 3.91. The lowest BCUT2D eigenvalue weighted by Crippen LogP contribution is -3.00. The average Bonchev–Trinajstić information content (AvgIpc) is 2.58. The second kappa shape index (κ2) is 7.97. The summed E-state index contributed by atoms with van der Waals surface area (Å²) in [5.41, 5.74) is 0.982. The average molecular weight is 348 g/mol. The van der Waals surface area contributed by atoms with Crippen LogP contribution in [0.15, 0.2) is 54.9 Å². The Kier molecular flexibility index (Phi) is 5.99. The Morgan fingerprint density at radius 3 is 2.58 bits per heavy atom. The van der Waals surface area contributed by atoms with Crippen LogP contribution in [0.5, 0.6) is 11.5 Å². The molecule has 1 heterocycles. The SMILES string of the molecule is COc1ccc2cc[n+](CCc3cccc(F)c3)cc2c1OC.[Cl-]. The van der Waals surface area contributed by atoms with Crippen LogP contribution < -0.4 is 26.4 Å². The summed E-state index contributed by atoms with van der Waals surface area (Å²) < 4.78 is 26.2. The maximum atomic E-state index is 13.2. The van der Waals surface area contributed by atoms with Gasteiger partial charge in [-0.05, 0) is 35.2 Å². The molecule has 0 radical (unpaired) electrons. The summed E-state index contributed by atoms with van der Waals surface area (Å²) in [7, 11) is 3.27. The van der Waals surface area contributed by atoms with E-state index in [1.165, 1.54) is 6.07 Å². The molecule has 126 valence electrons. The van der Waals surface area contributed by atoms with Crippen molar-refractivity contribution < 1.29 is 30.8 Å². The van der Waals surface area contributed by atoms with E-state index >= 15 is 0 Å². The normalized spacial score (nSPS) is 10.3. The minimum atomic E-state index is -0.197. The van der Waals surface area contributed by atoms with Gasteiger partial charge in [-0.1, -0.05) is 12.1 Å². The van der Waals surface area contributed by atoms with E-state index in [0.29, 0.717) is 5.75 Å². The molecular weight excluding hydrogens is 329 g/mol. The van der Waals surface area contributed by atoms with E-state index in [0.717, 1.165) is 35.1 Å². The topological polar surface area (TPSA) is 22.3 Å².